The van der Waals surface area contributed by atoms with Gasteiger partial charge in [0.1, 0.15) is 11.0 Å². The topological polar surface area (TPSA) is 94.0 Å². The highest BCUT2D eigenvalue weighted by atomic mass is 32.2. The maximum atomic E-state index is 6.23. The van der Waals surface area contributed by atoms with Crippen molar-refractivity contribution in [3.63, 3.8) is 0 Å². The predicted molar refractivity (Wildman–Crippen MR) is 254 cm³/mol. The van der Waals surface area contributed by atoms with E-state index in [1.165, 1.54) is 14.8 Å². The predicted octanol–water partition coefficient (Wildman–Crippen LogP) is 14.8. The average Bonchev–Trinajstić information content (AvgIpc) is 4.08. The molecular weight excluding hydrogens is 817 g/mol. The summed E-state index contributed by atoms with van der Waals surface area (Å²) in [6.45, 7) is 0. The SMILES string of the molecule is c1ccc(-c2nc(-c3ccccc3)nc(-c3ccc4sc5cc(N6c7ccc(-c8nc9ccccc9o8)cc7Sc7cc(-c8nc9ccccc9o8)ccc76)ccc5c4c3)n2)cc1. The molecular formula is C53H30N6O2S2. The van der Waals surface area contributed by atoms with Crippen LogP contribution in [0.15, 0.2) is 201 Å². The van der Waals surface area contributed by atoms with Crippen molar-refractivity contribution < 1.29 is 8.83 Å². The van der Waals surface area contributed by atoms with Crippen molar-refractivity contribution in [2.24, 2.45) is 0 Å². The molecule has 63 heavy (non-hydrogen) atoms. The van der Waals surface area contributed by atoms with Crippen LogP contribution in [0.5, 0.6) is 0 Å². The van der Waals surface area contributed by atoms with Crippen LogP contribution in [0.3, 0.4) is 0 Å². The van der Waals surface area contributed by atoms with E-state index in [2.05, 4.69) is 77.7 Å². The Hall–Kier alpha value is -7.92. The molecule has 10 heteroatoms. The standard InChI is InChI=1S/C53H30N6O2S2/c1-3-11-31(12-4-1)49-56-50(32-13-5-2-6-14-32)58-51(57-49)33-21-26-45-38(27-33)37-23-22-36(30-46(37)62-45)59-41-24-19-34(52-54-39-15-7-9-17-43(39)60-52)28-47(41)63-48-29-35(20-25-42(48)59)53-55-40-16-8-10-18-44(40)61-53/h1-30H. The summed E-state index contributed by atoms with van der Waals surface area (Å²) in [4.78, 5) is 29.1. The quantitative estimate of drug-likeness (QED) is 0.162. The summed E-state index contributed by atoms with van der Waals surface area (Å²) in [6, 6.07) is 62.1. The molecule has 296 valence electrons. The summed E-state index contributed by atoms with van der Waals surface area (Å²) in [5.41, 5.74) is 11.0. The first-order valence-electron chi connectivity index (χ1n) is 20.5. The van der Waals surface area contributed by atoms with E-state index in [4.69, 9.17) is 33.8 Å². The molecule has 0 saturated carbocycles. The van der Waals surface area contributed by atoms with Gasteiger partial charge in [-0.3, -0.25) is 0 Å². The maximum absolute atomic E-state index is 6.23. The van der Waals surface area contributed by atoms with Crippen molar-refractivity contribution in [3.05, 3.63) is 182 Å². The molecule has 13 rings (SSSR count). The van der Waals surface area contributed by atoms with Gasteiger partial charge in [-0.15, -0.1) is 11.3 Å². The third kappa shape index (κ3) is 6.18. The summed E-state index contributed by atoms with van der Waals surface area (Å²) >= 11 is 3.51. The Morgan fingerprint density at radius 1 is 0.381 bits per heavy atom. The van der Waals surface area contributed by atoms with Crippen molar-refractivity contribution in [2.45, 2.75) is 9.79 Å². The lowest BCUT2D eigenvalue weighted by Gasteiger charge is -2.33. The van der Waals surface area contributed by atoms with Gasteiger partial charge in [-0.05, 0) is 91.0 Å². The number of rotatable bonds is 6. The van der Waals surface area contributed by atoms with E-state index in [0.717, 1.165) is 82.3 Å². The van der Waals surface area contributed by atoms with E-state index in [9.17, 15) is 0 Å². The van der Waals surface area contributed by atoms with Gasteiger partial charge in [0.05, 0.1) is 11.4 Å². The highest BCUT2D eigenvalue weighted by Gasteiger charge is 2.28. The van der Waals surface area contributed by atoms with Crippen LogP contribution in [0, 0.1) is 0 Å². The number of thiophene rings is 1. The van der Waals surface area contributed by atoms with Gasteiger partial charge in [0.15, 0.2) is 28.6 Å². The van der Waals surface area contributed by atoms with Crippen molar-refractivity contribution >= 4 is 82.5 Å². The summed E-state index contributed by atoms with van der Waals surface area (Å²) in [5, 5.41) is 2.33. The largest absolute Gasteiger partial charge is 0.436 e. The van der Waals surface area contributed by atoms with E-state index >= 15 is 0 Å². The van der Waals surface area contributed by atoms with Crippen LogP contribution in [-0.4, -0.2) is 24.9 Å². The Morgan fingerprint density at radius 2 is 0.905 bits per heavy atom. The number of nitrogens with zero attached hydrogens (tertiary/aromatic N) is 6. The van der Waals surface area contributed by atoms with Crippen molar-refractivity contribution in [1.29, 1.82) is 0 Å². The number of aromatic nitrogens is 5. The zero-order chi connectivity index (χ0) is 41.4. The molecule has 8 nitrogen and oxygen atoms in total. The molecule has 0 bridgehead atoms. The van der Waals surface area contributed by atoms with E-state index in [1.54, 1.807) is 23.1 Å². The molecule has 5 heterocycles. The first kappa shape index (κ1) is 35.8. The van der Waals surface area contributed by atoms with Gasteiger partial charge in [-0.2, -0.15) is 0 Å². The molecule has 0 unspecified atom stereocenters. The minimum absolute atomic E-state index is 0.591. The zero-order valence-corrected chi connectivity index (χ0v) is 34.8. The van der Waals surface area contributed by atoms with Gasteiger partial charge in [0.25, 0.3) is 0 Å². The molecule has 1 aliphatic heterocycles. The highest BCUT2D eigenvalue weighted by Crippen LogP contribution is 2.54. The van der Waals surface area contributed by atoms with Gasteiger partial charge in [0, 0.05) is 63.5 Å². The van der Waals surface area contributed by atoms with Crippen molar-refractivity contribution in [3.8, 4) is 57.1 Å². The molecule has 0 saturated heterocycles. The summed E-state index contributed by atoms with van der Waals surface area (Å²) < 4.78 is 14.8. The van der Waals surface area contributed by atoms with Crippen LogP contribution in [0.25, 0.3) is 99.4 Å². The fourth-order valence-electron chi connectivity index (χ4n) is 8.33. The summed E-state index contributed by atoms with van der Waals surface area (Å²) in [5.74, 6) is 3.10. The molecule has 12 aromatic rings. The molecule has 0 spiro atoms. The lowest BCUT2D eigenvalue weighted by Crippen LogP contribution is -2.15. The first-order chi connectivity index (χ1) is 31.1. The van der Waals surface area contributed by atoms with Crippen LogP contribution >= 0.6 is 23.1 Å². The number of anilines is 3. The van der Waals surface area contributed by atoms with Gasteiger partial charge in [-0.25, -0.2) is 24.9 Å². The van der Waals surface area contributed by atoms with Crippen LogP contribution < -0.4 is 4.90 Å². The average molecular weight is 847 g/mol. The molecule has 0 atom stereocenters. The number of hydrogen-bond donors (Lipinski definition) is 0. The van der Waals surface area contributed by atoms with Crippen LogP contribution in [-0.2, 0) is 0 Å². The third-order valence-corrected chi connectivity index (χ3v) is 13.6. The monoisotopic (exact) mass is 846 g/mol. The van der Waals surface area contributed by atoms with Gasteiger partial charge < -0.3 is 13.7 Å². The molecule has 0 N–H and O–H groups in total. The number of hydrogen-bond acceptors (Lipinski definition) is 10. The van der Waals surface area contributed by atoms with Gasteiger partial charge in [0.2, 0.25) is 11.8 Å². The normalized spacial score (nSPS) is 12.3. The second kappa shape index (κ2) is 14.3. The van der Waals surface area contributed by atoms with E-state index < -0.39 is 0 Å². The lowest BCUT2D eigenvalue weighted by molar-refractivity contribution is 0.619. The smallest absolute Gasteiger partial charge is 0.227 e. The Morgan fingerprint density at radius 3 is 1.48 bits per heavy atom. The molecule has 0 radical (unpaired) electrons. The molecule has 0 aliphatic carbocycles. The zero-order valence-electron chi connectivity index (χ0n) is 33.1. The van der Waals surface area contributed by atoms with E-state index in [0.29, 0.717) is 29.3 Å². The Kier molecular flexibility index (Phi) is 8.15. The number of oxazole rings is 2. The minimum atomic E-state index is 0.591. The van der Waals surface area contributed by atoms with Gasteiger partial charge >= 0.3 is 0 Å². The molecule has 1 aliphatic rings. The third-order valence-electron chi connectivity index (χ3n) is 11.4. The molecule has 0 amide bonds. The molecule has 8 aromatic carbocycles. The Balaban J connectivity index is 0.927. The van der Waals surface area contributed by atoms with Crippen LogP contribution in [0.1, 0.15) is 0 Å². The Bertz CT molecular complexity index is 3500. The molecule has 4 aromatic heterocycles. The van der Waals surface area contributed by atoms with Crippen LogP contribution in [0.4, 0.5) is 17.1 Å². The first-order valence-corrected chi connectivity index (χ1v) is 22.1. The number of para-hydroxylation sites is 4. The highest BCUT2D eigenvalue weighted by molar-refractivity contribution is 7.99. The van der Waals surface area contributed by atoms with E-state index in [-0.39, 0.29) is 0 Å². The number of benzene rings is 8. The van der Waals surface area contributed by atoms with E-state index in [1.807, 2.05) is 109 Å². The van der Waals surface area contributed by atoms with Crippen molar-refractivity contribution in [1.82, 2.24) is 24.9 Å². The summed E-state index contributed by atoms with van der Waals surface area (Å²) in [6.07, 6.45) is 0. The fourth-order valence-corrected chi connectivity index (χ4v) is 10.6. The second-order valence-electron chi connectivity index (χ2n) is 15.3. The number of fused-ring (bicyclic) bond motifs is 7. The Labute approximate surface area is 368 Å². The minimum Gasteiger partial charge on any atom is -0.436 e. The summed E-state index contributed by atoms with van der Waals surface area (Å²) in [7, 11) is 0. The molecule has 0 fully saturated rings. The van der Waals surface area contributed by atoms with Gasteiger partial charge in [-0.1, -0.05) is 103 Å². The van der Waals surface area contributed by atoms with Crippen LogP contribution in [0.2, 0.25) is 0 Å². The van der Waals surface area contributed by atoms with Crippen molar-refractivity contribution in [2.75, 3.05) is 4.90 Å². The fraction of sp³-hybridized carbons (Fsp3) is 0. The maximum Gasteiger partial charge on any atom is 0.227 e. The second-order valence-corrected chi connectivity index (χ2v) is 17.5. The lowest BCUT2D eigenvalue weighted by atomic mass is 10.1.